The topological polar surface area (TPSA) is 89.3 Å². The van der Waals surface area contributed by atoms with Gasteiger partial charge in [0.05, 0.1) is 4.92 Å². The molecule has 2 aromatic carbocycles. The summed E-state index contributed by atoms with van der Waals surface area (Å²) in [6.45, 7) is 1.89. The highest BCUT2D eigenvalue weighted by atomic mass is 79.9. The molecule has 8 heteroatoms. The van der Waals surface area contributed by atoms with Crippen molar-refractivity contribution in [2.45, 2.75) is 24.3 Å². The fraction of sp³-hybridized carbons (Fsp3) is 0.250. The maximum absolute atomic E-state index is 11.8. The molecule has 0 radical (unpaired) electrons. The second-order valence-electron chi connectivity index (χ2n) is 5.52. The quantitative estimate of drug-likeness (QED) is 0.575. The van der Waals surface area contributed by atoms with Gasteiger partial charge >= 0.3 is 5.69 Å². The molecule has 0 aromatic heterocycles. The Morgan fingerprint density at radius 1 is 1.21 bits per heavy atom. The third-order valence-corrected chi connectivity index (χ3v) is 5.37. The predicted molar refractivity (Wildman–Crippen MR) is 97.1 cm³/mol. The van der Waals surface area contributed by atoms with E-state index in [1.54, 1.807) is 0 Å². The van der Waals surface area contributed by atoms with Gasteiger partial charge in [0.15, 0.2) is 9.84 Å². The second kappa shape index (κ2) is 7.31. The van der Waals surface area contributed by atoms with E-state index in [-0.39, 0.29) is 16.6 Å². The van der Waals surface area contributed by atoms with E-state index >= 15 is 0 Å². The Bertz CT molecular complexity index is 868. The smallest absolute Gasteiger partial charge is 0.310 e. The van der Waals surface area contributed by atoms with Gasteiger partial charge in [0.2, 0.25) is 0 Å². The Kier molecular flexibility index (Phi) is 5.61. The predicted octanol–water partition coefficient (Wildman–Crippen LogP) is 3.80. The molecule has 0 aliphatic rings. The largest absolute Gasteiger partial charge is 0.377 e. The first-order valence-electron chi connectivity index (χ1n) is 7.17. The molecule has 0 fully saturated rings. The summed E-state index contributed by atoms with van der Waals surface area (Å²) in [5, 5.41) is 14.4. The highest BCUT2D eigenvalue weighted by molar-refractivity contribution is 9.10. The highest BCUT2D eigenvalue weighted by Crippen LogP contribution is 2.32. The molecule has 0 saturated heterocycles. The molecule has 0 amide bonds. The van der Waals surface area contributed by atoms with E-state index < -0.39 is 20.4 Å². The number of hydrogen-bond acceptors (Lipinski definition) is 5. The molecule has 0 heterocycles. The van der Waals surface area contributed by atoms with Gasteiger partial charge in [0, 0.05) is 16.8 Å². The lowest BCUT2D eigenvalue weighted by Crippen LogP contribution is -2.19. The summed E-state index contributed by atoms with van der Waals surface area (Å²) >= 11 is 3.47. The van der Waals surface area contributed by atoms with Crippen LogP contribution in [-0.4, -0.2) is 25.6 Å². The van der Waals surface area contributed by atoms with Crippen molar-refractivity contribution in [1.82, 2.24) is 0 Å². The maximum atomic E-state index is 11.8. The monoisotopic (exact) mass is 412 g/mol. The van der Waals surface area contributed by atoms with Crippen molar-refractivity contribution in [3.05, 3.63) is 62.6 Å². The van der Waals surface area contributed by atoms with Gasteiger partial charge in [-0.3, -0.25) is 10.1 Å². The lowest BCUT2D eigenvalue weighted by molar-refractivity contribution is -0.386. The van der Waals surface area contributed by atoms with Crippen LogP contribution < -0.4 is 5.32 Å². The molecule has 2 aromatic rings. The van der Waals surface area contributed by atoms with Gasteiger partial charge in [0.1, 0.15) is 10.6 Å². The van der Waals surface area contributed by atoms with Gasteiger partial charge < -0.3 is 5.32 Å². The molecule has 0 spiro atoms. The van der Waals surface area contributed by atoms with Crippen molar-refractivity contribution in [2.75, 3.05) is 11.6 Å². The first-order valence-corrected chi connectivity index (χ1v) is 9.86. The minimum Gasteiger partial charge on any atom is -0.377 e. The molecular weight excluding hydrogens is 396 g/mol. The molecular formula is C16H17BrN2O4S. The van der Waals surface area contributed by atoms with Crippen LogP contribution in [0.5, 0.6) is 0 Å². The number of nitrogens with one attached hydrogen (secondary N) is 1. The number of nitro benzene ring substituents is 1. The van der Waals surface area contributed by atoms with Crippen molar-refractivity contribution in [2.24, 2.45) is 0 Å². The summed E-state index contributed by atoms with van der Waals surface area (Å²) in [6, 6.07) is 11.8. The molecule has 24 heavy (non-hydrogen) atoms. The molecule has 0 bridgehead atoms. The van der Waals surface area contributed by atoms with Crippen LogP contribution in [0.15, 0.2) is 51.8 Å². The van der Waals surface area contributed by atoms with Gasteiger partial charge in [-0.2, -0.15) is 0 Å². The number of para-hydroxylation sites is 1. The standard InChI is InChI=1S/C16H17BrN2O4S/c1-11(10-12-6-3-4-7-13(12)17)18-14-8-5-9-15(24(2,22)23)16(14)19(20)21/h3-9,11,18H,10H2,1-2H3. The zero-order valence-electron chi connectivity index (χ0n) is 13.2. The lowest BCUT2D eigenvalue weighted by Gasteiger charge is -2.17. The van der Waals surface area contributed by atoms with Crippen molar-refractivity contribution < 1.29 is 13.3 Å². The summed E-state index contributed by atoms with van der Waals surface area (Å²) in [6.07, 6.45) is 1.59. The SMILES string of the molecule is CC(Cc1ccccc1Br)Nc1cccc(S(C)(=O)=O)c1[N+](=O)[O-]. The number of halogens is 1. The van der Waals surface area contributed by atoms with Gasteiger partial charge in [-0.1, -0.05) is 40.2 Å². The van der Waals surface area contributed by atoms with Gasteiger partial charge in [0.25, 0.3) is 0 Å². The third kappa shape index (κ3) is 4.33. The molecule has 0 aliphatic carbocycles. The van der Waals surface area contributed by atoms with Crippen molar-refractivity contribution in [1.29, 1.82) is 0 Å². The number of benzene rings is 2. The van der Waals surface area contributed by atoms with E-state index in [1.165, 1.54) is 18.2 Å². The molecule has 1 unspecified atom stereocenters. The van der Waals surface area contributed by atoms with Crippen LogP contribution in [0.2, 0.25) is 0 Å². The van der Waals surface area contributed by atoms with Crippen LogP contribution in [0.25, 0.3) is 0 Å². The molecule has 128 valence electrons. The van der Waals surface area contributed by atoms with E-state index in [0.717, 1.165) is 16.3 Å². The Labute approximate surface area is 149 Å². The van der Waals surface area contributed by atoms with Crippen LogP contribution in [0.3, 0.4) is 0 Å². The zero-order valence-corrected chi connectivity index (χ0v) is 15.6. The number of hydrogen-bond donors (Lipinski definition) is 1. The molecule has 2 rings (SSSR count). The number of nitrogens with zero attached hydrogens (tertiary/aromatic N) is 1. The summed E-state index contributed by atoms with van der Waals surface area (Å²) in [5.74, 6) is 0. The first kappa shape index (κ1) is 18.4. The van der Waals surface area contributed by atoms with Crippen molar-refractivity contribution in [3.8, 4) is 0 Å². The highest BCUT2D eigenvalue weighted by Gasteiger charge is 2.26. The van der Waals surface area contributed by atoms with Crippen molar-refractivity contribution in [3.63, 3.8) is 0 Å². The zero-order chi connectivity index (χ0) is 17.9. The second-order valence-corrected chi connectivity index (χ2v) is 8.36. The van der Waals surface area contributed by atoms with Crippen LogP contribution in [0, 0.1) is 10.1 Å². The normalized spacial score (nSPS) is 12.6. The summed E-state index contributed by atoms with van der Waals surface area (Å²) < 4.78 is 24.5. The molecule has 6 nitrogen and oxygen atoms in total. The minimum atomic E-state index is -3.69. The van der Waals surface area contributed by atoms with Crippen molar-refractivity contribution >= 4 is 37.1 Å². The van der Waals surface area contributed by atoms with E-state index in [9.17, 15) is 18.5 Å². The summed E-state index contributed by atoms with van der Waals surface area (Å²) in [5.41, 5.74) is 0.834. The fourth-order valence-corrected chi connectivity index (χ4v) is 3.74. The number of nitro groups is 1. The van der Waals surface area contributed by atoms with Crippen LogP contribution in [0.4, 0.5) is 11.4 Å². The number of sulfone groups is 1. The van der Waals surface area contributed by atoms with Crippen LogP contribution >= 0.6 is 15.9 Å². The molecule has 1 atom stereocenters. The first-order chi connectivity index (χ1) is 11.2. The Hall–Kier alpha value is -1.93. The Balaban J connectivity index is 2.33. The van der Waals surface area contributed by atoms with E-state index in [1.807, 2.05) is 31.2 Å². The van der Waals surface area contributed by atoms with Gasteiger partial charge in [-0.05, 0) is 37.1 Å². The number of anilines is 1. The molecule has 0 saturated carbocycles. The molecule has 0 aliphatic heterocycles. The van der Waals surface area contributed by atoms with Gasteiger partial charge in [-0.15, -0.1) is 0 Å². The van der Waals surface area contributed by atoms with E-state index in [0.29, 0.717) is 6.42 Å². The van der Waals surface area contributed by atoms with Crippen LogP contribution in [0.1, 0.15) is 12.5 Å². The average molecular weight is 413 g/mol. The summed E-state index contributed by atoms with van der Waals surface area (Å²) in [4.78, 5) is 10.4. The average Bonchev–Trinajstić information content (AvgIpc) is 2.48. The van der Waals surface area contributed by atoms with Gasteiger partial charge in [-0.25, -0.2) is 8.42 Å². The third-order valence-electron chi connectivity index (χ3n) is 3.47. The Morgan fingerprint density at radius 3 is 2.46 bits per heavy atom. The Morgan fingerprint density at radius 2 is 1.88 bits per heavy atom. The van der Waals surface area contributed by atoms with E-state index in [2.05, 4.69) is 21.2 Å². The molecule has 1 N–H and O–H groups in total. The maximum Gasteiger partial charge on any atom is 0.310 e. The van der Waals surface area contributed by atoms with Crippen LogP contribution in [-0.2, 0) is 16.3 Å². The fourth-order valence-electron chi connectivity index (χ4n) is 2.44. The lowest BCUT2D eigenvalue weighted by atomic mass is 10.1. The van der Waals surface area contributed by atoms with E-state index in [4.69, 9.17) is 0 Å². The minimum absolute atomic E-state index is 0.128. The summed E-state index contributed by atoms with van der Waals surface area (Å²) in [7, 11) is -3.69. The number of rotatable bonds is 6.